The van der Waals surface area contributed by atoms with Crippen LogP contribution in [0.15, 0.2) is 18.2 Å². The summed E-state index contributed by atoms with van der Waals surface area (Å²) < 4.78 is 0. The largest absolute Gasteiger partial charge is 0.326 e. The monoisotopic (exact) mass is 287 g/mol. The predicted octanol–water partition coefficient (Wildman–Crippen LogP) is 5.24. The molecule has 1 N–H and O–H groups in total. The molecule has 1 aliphatic rings. The van der Waals surface area contributed by atoms with Crippen molar-refractivity contribution in [3.05, 3.63) is 29.3 Å². The highest BCUT2D eigenvalue weighted by molar-refractivity contribution is 5.93. The normalized spacial score (nSPS) is 22.0. The standard InChI is InChI=1S/C19H29NO/c1-4-5-6-16-8-10-17(11-9-16)19(21)20-18-12-7-14(2)13-15(18)3/h7,12-13,16-17H,4-6,8-11H2,1-3H3,(H,20,21). The lowest BCUT2D eigenvalue weighted by atomic mass is 9.79. The Morgan fingerprint density at radius 2 is 1.90 bits per heavy atom. The molecular formula is C19H29NO. The average Bonchev–Trinajstić information content (AvgIpc) is 2.48. The molecule has 1 aromatic carbocycles. The van der Waals surface area contributed by atoms with Gasteiger partial charge in [0.2, 0.25) is 5.91 Å². The fraction of sp³-hybridized carbons (Fsp3) is 0.632. The van der Waals surface area contributed by atoms with E-state index in [0.717, 1.165) is 30.0 Å². The number of benzene rings is 1. The van der Waals surface area contributed by atoms with Crippen molar-refractivity contribution in [1.82, 2.24) is 0 Å². The maximum atomic E-state index is 12.4. The van der Waals surface area contributed by atoms with Crippen LogP contribution in [0, 0.1) is 25.7 Å². The van der Waals surface area contributed by atoms with Gasteiger partial charge in [-0.1, -0.05) is 43.9 Å². The number of carbonyl (C=O) groups is 1. The molecule has 1 fully saturated rings. The van der Waals surface area contributed by atoms with Crippen molar-refractivity contribution in [2.24, 2.45) is 11.8 Å². The topological polar surface area (TPSA) is 29.1 Å². The van der Waals surface area contributed by atoms with Gasteiger partial charge < -0.3 is 5.32 Å². The predicted molar refractivity (Wildman–Crippen MR) is 89.5 cm³/mol. The lowest BCUT2D eigenvalue weighted by Crippen LogP contribution is -2.27. The van der Waals surface area contributed by atoms with Crippen molar-refractivity contribution in [3.8, 4) is 0 Å². The molecule has 0 unspecified atom stereocenters. The Balaban J connectivity index is 1.84. The smallest absolute Gasteiger partial charge is 0.227 e. The number of amides is 1. The molecule has 0 aliphatic heterocycles. The molecule has 2 nitrogen and oxygen atoms in total. The Hall–Kier alpha value is -1.31. The zero-order chi connectivity index (χ0) is 15.2. The molecule has 0 aromatic heterocycles. The van der Waals surface area contributed by atoms with Gasteiger partial charge in [0.15, 0.2) is 0 Å². The van der Waals surface area contributed by atoms with E-state index in [9.17, 15) is 4.79 Å². The molecule has 0 radical (unpaired) electrons. The van der Waals surface area contributed by atoms with Gasteiger partial charge in [0.05, 0.1) is 0 Å². The quantitative estimate of drug-likeness (QED) is 0.788. The van der Waals surface area contributed by atoms with Crippen molar-refractivity contribution in [2.75, 3.05) is 5.32 Å². The van der Waals surface area contributed by atoms with Crippen molar-refractivity contribution >= 4 is 11.6 Å². The highest BCUT2D eigenvalue weighted by atomic mass is 16.1. The lowest BCUT2D eigenvalue weighted by molar-refractivity contribution is -0.121. The summed E-state index contributed by atoms with van der Waals surface area (Å²) in [6.07, 6.45) is 8.55. The maximum absolute atomic E-state index is 12.4. The summed E-state index contributed by atoms with van der Waals surface area (Å²) in [7, 11) is 0. The van der Waals surface area contributed by atoms with E-state index < -0.39 is 0 Å². The minimum atomic E-state index is 0.212. The minimum Gasteiger partial charge on any atom is -0.326 e. The van der Waals surface area contributed by atoms with Crippen LogP contribution in [0.4, 0.5) is 5.69 Å². The minimum absolute atomic E-state index is 0.212. The molecule has 116 valence electrons. The summed E-state index contributed by atoms with van der Waals surface area (Å²) in [6.45, 7) is 6.39. The van der Waals surface area contributed by atoms with Crippen molar-refractivity contribution in [1.29, 1.82) is 0 Å². The molecule has 2 heteroatoms. The maximum Gasteiger partial charge on any atom is 0.227 e. The van der Waals surface area contributed by atoms with Gasteiger partial charge in [0.1, 0.15) is 0 Å². The molecule has 1 aromatic rings. The summed E-state index contributed by atoms with van der Waals surface area (Å²) >= 11 is 0. The number of aryl methyl sites for hydroxylation is 2. The Kier molecular flexibility index (Phi) is 5.84. The summed E-state index contributed by atoms with van der Waals surface area (Å²) in [6, 6.07) is 6.21. The first-order chi connectivity index (χ1) is 10.1. The number of rotatable bonds is 5. The first kappa shape index (κ1) is 16.1. The third-order valence-corrected chi connectivity index (χ3v) is 4.82. The van der Waals surface area contributed by atoms with E-state index in [1.807, 2.05) is 6.07 Å². The second-order valence-corrected chi connectivity index (χ2v) is 6.67. The highest BCUT2D eigenvalue weighted by Gasteiger charge is 2.26. The molecule has 0 saturated heterocycles. The van der Waals surface area contributed by atoms with Crippen LogP contribution in [0.3, 0.4) is 0 Å². The second-order valence-electron chi connectivity index (χ2n) is 6.67. The lowest BCUT2D eigenvalue weighted by Gasteiger charge is -2.28. The van der Waals surface area contributed by atoms with Crippen LogP contribution in [0.25, 0.3) is 0 Å². The van der Waals surface area contributed by atoms with Gasteiger partial charge in [-0.25, -0.2) is 0 Å². The van der Waals surface area contributed by atoms with Crippen LogP contribution in [-0.2, 0) is 4.79 Å². The summed E-state index contributed by atoms with van der Waals surface area (Å²) in [4.78, 5) is 12.4. The second kappa shape index (κ2) is 7.63. The summed E-state index contributed by atoms with van der Waals surface area (Å²) in [5.74, 6) is 1.29. The number of unbranched alkanes of at least 4 members (excludes halogenated alkanes) is 1. The van der Waals surface area contributed by atoms with Gasteiger partial charge >= 0.3 is 0 Å². The molecule has 1 aliphatic carbocycles. The van der Waals surface area contributed by atoms with Crippen LogP contribution in [0.5, 0.6) is 0 Å². The highest BCUT2D eigenvalue weighted by Crippen LogP contribution is 2.32. The van der Waals surface area contributed by atoms with Gasteiger partial charge in [-0.3, -0.25) is 4.79 Å². The first-order valence-electron chi connectivity index (χ1n) is 8.48. The van der Waals surface area contributed by atoms with E-state index in [0.29, 0.717) is 0 Å². The molecule has 1 amide bonds. The van der Waals surface area contributed by atoms with Gasteiger partial charge in [-0.15, -0.1) is 0 Å². The van der Waals surface area contributed by atoms with E-state index in [2.05, 4.69) is 38.2 Å². The molecular weight excluding hydrogens is 258 g/mol. The Morgan fingerprint density at radius 3 is 2.52 bits per heavy atom. The molecule has 21 heavy (non-hydrogen) atoms. The van der Waals surface area contributed by atoms with Crippen molar-refractivity contribution in [3.63, 3.8) is 0 Å². The van der Waals surface area contributed by atoms with Gasteiger partial charge in [0.25, 0.3) is 0 Å². The fourth-order valence-corrected chi connectivity index (χ4v) is 3.39. The number of hydrogen-bond acceptors (Lipinski definition) is 1. The molecule has 1 saturated carbocycles. The van der Waals surface area contributed by atoms with E-state index in [4.69, 9.17) is 0 Å². The average molecular weight is 287 g/mol. The van der Waals surface area contributed by atoms with Crippen molar-refractivity contribution < 1.29 is 4.79 Å². The van der Waals surface area contributed by atoms with Crippen LogP contribution in [-0.4, -0.2) is 5.91 Å². The summed E-state index contributed by atoms with van der Waals surface area (Å²) in [5, 5.41) is 3.13. The summed E-state index contributed by atoms with van der Waals surface area (Å²) in [5.41, 5.74) is 3.36. The Labute approximate surface area is 129 Å². The SMILES string of the molecule is CCCCC1CCC(C(=O)Nc2ccc(C)cc2C)CC1. The number of anilines is 1. The molecule has 2 rings (SSSR count). The van der Waals surface area contributed by atoms with E-state index in [1.165, 1.54) is 37.7 Å². The van der Waals surface area contributed by atoms with E-state index in [1.54, 1.807) is 0 Å². The van der Waals surface area contributed by atoms with Gasteiger partial charge in [0, 0.05) is 11.6 Å². The van der Waals surface area contributed by atoms with Gasteiger partial charge in [-0.2, -0.15) is 0 Å². The van der Waals surface area contributed by atoms with E-state index >= 15 is 0 Å². The molecule has 0 bridgehead atoms. The van der Waals surface area contributed by atoms with Crippen LogP contribution < -0.4 is 5.32 Å². The zero-order valence-electron chi connectivity index (χ0n) is 13.7. The molecule has 0 atom stereocenters. The Bertz CT molecular complexity index is 472. The fourth-order valence-electron chi connectivity index (χ4n) is 3.39. The van der Waals surface area contributed by atoms with Gasteiger partial charge in [-0.05, 0) is 57.1 Å². The van der Waals surface area contributed by atoms with Crippen LogP contribution >= 0.6 is 0 Å². The number of nitrogens with one attached hydrogen (secondary N) is 1. The van der Waals surface area contributed by atoms with E-state index in [-0.39, 0.29) is 11.8 Å². The Morgan fingerprint density at radius 1 is 1.19 bits per heavy atom. The first-order valence-corrected chi connectivity index (χ1v) is 8.48. The number of carbonyl (C=O) groups excluding carboxylic acids is 1. The number of hydrogen-bond donors (Lipinski definition) is 1. The molecule has 0 heterocycles. The van der Waals surface area contributed by atoms with Crippen LogP contribution in [0.1, 0.15) is 63.0 Å². The zero-order valence-corrected chi connectivity index (χ0v) is 13.7. The third kappa shape index (κ3) is 4.59. The van der Waals surface area contributed by atoms with Crippen molar-refractivity contribution in [2.45, 2.75) is 65.7 Å². The third-order valence-electron chi connectivity index (χ3n) is 4.82. The van der Waals surface area contributed by atoms with Crippen LogP contribution in [0.2, 0.25) is 0 Å². The molecule has 0 spiro atoms.